The van der Waals surface area contributed by atoms with Crippen LogP contribution in [0.25, 0.3) is 11.0 Å². The highest BCUT2D eigenvalue weighted by molar-refractivity contribution is 7.08. The molecule has 3 aromatic rings. The van der Waals surface area contributed by atoms with Crippen LogP contribution in [0.5, 0.6) is 0 Å². The molecular weight excluding hydrogens is 304 g/mol. The molecule has 0 N–H and O–H groups in total. The first kappa shape index (κ1) is 14.2. The van der Waals surface area contributed by atoms with Crippen molar-refractivity contribution in [2.45, 2.75) is 6.42 Å². The molecule has 0 radical (unpaired) electrons. The van der Waals surface area contributed by atoms with E-state index < -0.39 is 11.9 Å². The fourth-order valence-electron chi connectivity index (χ4n) is 1.95. The molecule has 0 fully saturated rings. The number of hydrogen-bond acceptors (Lipinski definition) is 6. The van der Waals surface area contributed by atoms with Crippen molar-refractivity contribution in [1.82, 2.24) is 0 Å². The van der Waals surface area contributed by atoms with Crippen LogP contribution in [-0.2, 0) is 16.0 Å². The summed E-state index contributed by atoms with van der Waals surface area (Å²) in [6.07, 6.45) is -0.00689. The Morgan fingerprint density at radius 2 is 2.00 bits per heavy atom. The summed E-state index contributed by atoms with van der Waals surface area (Å²) in [5.41, 5.74) is 0.675. The number of benzene rings is 1. The Bertz CT molecular complexity index is 892. The molecular formula is C16H10O5S. The first-order chi connectivity index (χ1) is 10.6. The lowest BCUT2D eigenvalue weighted by molar-refractivity contribution is -0.137. The average Bonchev–Trinajstić information content (AvgIpc) is 3.00. The molecule has 0 spiro atoms. The predicted molar refractivity (Wildman–Crippen MR) is 80.9 cm³/mol. The van der Waals surface area contributed by atoms with Gasteiger partial charge in [-0.25, -0.2) is 4.79 Å². The van der Waals surface area contributed by atoms with E-state index in [1.54, 1.807) is 35.7 Å². The van der Waals surface area contributed by atoms with E-state index in [9.17, 15) is 14.4 Å². The molecule has 0 bridgehead atoms. The summed E-state index contributed by atoms with van der Waals surface area (Å²) in [6.45, 7) is 0. The van der Waals surface area contributed by atoms with Crippen molar-refractivity contribution in [3.8, 4) is 0 Å². The zero-order valence-electron chi connectivity index (χ0n) is 11.3. The lowest BCUT2D eigenvalue weighted by atomic mass is 10.2. The maximum Gasteiger partial charge on any atom is 0.382 e. The molecule has 6 heteroatoms. The first-order valence-electron chi connectivity index (χ1n) is 6.42. The van der Waals surface area contributed by atoms with Gasteiger partial charge >= 0.3 is 11.9 Å². The standard InChI is InChI=1S/C16H10O5S/c17-12-8-14(20-13-4-2-1-3-11(12)13)16(19)21-15(18)7-10-5-6-22-9-10/h1-6,8-9H,7H2. The highest BCUT2D eigenvalue weighted by Gasteiger charge is 2.18. The highest BCUT2D eigenvalue weighted by atomic mass is 32.1. The van der Waals surface area contributed by atoms with Crippen molar-refractivity contribution < 1.29 is 18.7 Å². The van der Waals surface area contributed by atoms with Gasteiger partial charge in [0, 0.05) is 6.07 Å². The molecule has 0 aliphatic heterocycles. The van der Waals surface area contributed by atoms with Gasteiger partial charge in [0.25, 0.3) is 0 Å². The zero-order valence-corrected chi connectivity index (χ0v) is 12.1. The van der Waals surface area contributed by atoms with Gasteiger partial charge in [-0.2, -0.15) is 11.3 Å². The van der Waals surface area contributed by atoms with E-state index in [-0.39, 0.29) is 23.2 Å². The minimum Gasteiger partial charge on any atom is -0.449 e. The molecule has 2 heterocycles. The third-order valence-corrected chi connectivity index (χ3v) is 3.70. The minimum atomic E-state index is -0.969. The number of carbonyl (C=O) groups is 2. The number of hydrogen-bond donors (Lipinski definition) is 0. The van der Waals surface area contributed by atoms with E-state index in [2.05, 4.69) is 0 Å². The molecule has 0 aliphatic carbocycles. The van der Waals surface area contributed by atoms with Crippen LogP contribution in [-0.4, -0.2) is 11.9 Å². The molecule has 1 aromatic carbocycles. The Morgan fingerprint density at radius 1 is 1.18 bits per heavy atom. The Labute approximate surface area is 128 Å². The first-order valence-corrected chi connectivity index (χ1v) is 7.37. The summed E-state index contributed by atoms with van der Waals surface area (Å²) < 4.78 is 10.0. The van der Waals surface area contributed by atoms with E-state index in [0.717, 1.165) is 11.6 Å². The second-order valence-electron chi connectivity index (χ2n) is 4.54. The van der Waals surface area contributed by atoms with Gasteiger partial charge in [0.1, 0.15) is 5.58 Å². The van der Waals surface area contributed by atoms with Gasteiger partial charge in [-0.1, -0.05) is 12.1 Å². The van der Waals surface area contributed by atoms with E-state index in [1.165, 1.54) is 11.3 Å². The summed E-state index contributed by atoms with van der Waals surface area (Å²) in [5.74, 6) is -1.95. The summed E-state index contributed by atoms with van der Waals surface area (Å²) in [4.78, 5) is 35.5. The van der Waals surface area contributed by atoms with Crippen LogP contribution in [0.1, 0.15) is 16.1 Å². The Balaban J connectivity index is 1.80. The Morgan fingerprint density at radius 3 is 2.77 bits per heavy atom. The lowest BCUT2D eigenvalue weighted by Crippen LogP contribution is -2.16. The molecule has 0 unspecified atom stereocenters. The van der Waals surface area contributed by atoms with Crippen LogP contribution in [0.4, 0.5) is 0 Å². The van der Waals surface area contributed by atoms with Crippen molar-refractivity contribution in [1.29, 1.82) is 0 Å². The summed E-state index contributed by atoms with van der Waals surface area (Å²) in [5, 5.41) is 3.98. The van der Waals surface area contributed by atoms with Gasteiger partial charge in [-0.15, -0.1) is 0 Å². The number of thiophene rings is 1. The van der Waals surface area contributed by atoms with Gasteiger partial charge < -0.3 is 9.15 Å². The van der Waals surface area contributed by atoms with Gasteiger partial charge in [-0.3, -0.25) is 9.59 Å². The SMILES string of the molecule is O=C(Cc1ccsc1)OC(=O)c1cc(=O)c2ccccc2o1. The summed E-state index contributed by atoms with van der Waals surface area (Å²) in [6, 6.07) is 9.34. The fourth-order valence-corrected chi connectivity index (χ4v) is 2.62. The van der Waals surface area contributed by atoms with Crippen LogP contribution < -0.4 is 5.43 Å². The monoisotopic (exact) mass is 314 g/mol. The Kier molecular flexibility index (Phi) is 3.84. The van der Waals surface area contributed by atoms with Gasteiger partial charge in [0.15, 0.2) is 5.43 Å². The molecule has 0 aliphatic rings. The molecule has 22 heavy (non-hydrogen) atoms. The van der Waals surface area contributed by atoms with Crippen molar-refractivity contribution in [2.75, 3.05) is 0 Å². The molecule has 3 rings (SSSR count). The molecule has 110 valence electrons. The van der Waals surface area contributed by atoms with Gasteiger partial charge in [0.2, 0.25) is 5.76 Å². The average molecular weight is 314 g/mol. The molecule has 0 saturated heterocycles. The lowest BCUT2D eigenvalue weighted by Gasteiger charge is -2.03. The van der Waals surface area contributed by atoms with Crippen LogP contribution in [0.15, 0.2) is 56.4 Å². The summed E-state index contributed by atoms with van der Waals surface area (Å²) in [7, 11) is 0. The van der Waals surface area contributed by atoms with E-state index in [4.69, 9.17) is 9.15 Å². The minimum absolute atomic E-state index is 0.00689. The molecule has 0 saturated carbocycles. The quantitative estimate of drug-likeness (QED) is 0.549. The summed E-state index contributed by atoms with van der Waals surface area (Å²) >= 11 is 1.45. The maximum atomic E-state index is 11.9. The van der Waals surface area contributed by atoms with Crippen LogP contribution >= 0.6 is 11.3 Å². The van der Waals surface area contributed by atoms with Crippen molar-refractivity contribution in [3.05, 3.63) is 68.7 Å². The van der Waals surface area contributed by atoms with Crippen molar-refractivity contribution >= 4 is 34.2 Å². The number of carbonyl (C=O) groups excluding carboxylic acids is 2. The van der Waals surface area contributed by atoms with Crippen molar-refractivity contribution in [3.63, 3.8) is 0 Å². The molecule has 2 aromatic heterocycles. The second kappa shape index (κ2) is 5.95. The molecule has 0 amide bonds. The van der Waals surface area contributed by atoms with Crippen LogP contribution in [0.2, 0.25) is 0 Å². The zero-order chi connectivity index (χ0) is 15.5. The Hall–Kier alpha value is -2.73. The number of para-hydroxylation sites is 1. The third-order valence-electron chi connectivity index (χ3n) is 2.97. The molecule has 0 atom stereocenters. The van der Waals surface area contributed by atoms with Crippen LogP contribution in [0.3, 0.4) is 0 Å². The smallest absolute Gasteiger partial charge is 0.382 e. The highest BCUT2D eigenvalue weighted by Crippen LogP contribution is 2.13. The maximum absolute atomic E-state index is 11.9. The predicted octanol–water partition coefficient (Wildman–Crippen LogP) is 2.78. The topological polar surface area (TPSA) is 73.6 Å². The number of fused-ring (bicyclic) bond motifs is 1. The van der Waals surface area contributed by atoms with Gasteiger partial charge in [0.05, 0.1) is 11.8 Å². The largest absolute Gasteiger partial charge is 0.449 e. The van der Waals surface area contributed by atoms with Crippen LogP contribution in [0, 0.1) is 0 Å². The fraction of sp³-hybridized carbons (Fsp3) is 0.0625. The van der Waals surface area contributed by atoms with Crippen molar-refractivity contribution in [2.24, 2.45) is 0 Å². The molecule has 5 nitrogen and oxygen atoms in total. The number of esters is 2. The van der Waals surface area contributed by atoms with E-state index in [1.807, 2.05) is 5.38 Å². The number of rotatable bonds is 3. The van der Waals surface area contributed by atoms with Gasteiger partial charge in [-0.05, 0) is 34.5 Å². The van der Waals surface area contributed by atoms with E-state index in [0.29, 0.717) is 5.39 Å². The third kappa shape index (κ3) is 2.96. The van der Waals surface area contributed by atoms with E-state index >= 15 is 0 Å². The second-order valence-corrected chi connectivity index (χ2v) is 5.32. The normalized spacial score (nSPS) is 10.5. The number of ether oxygens (including phenoxy) is 1.